The van der Waals surface area contributed by atoms with Crippen LogP contribution in [0.1, 0.15) is 18.1 Å². The average molecular weight is 310 g/mol. The van der Waals surface area contributed by atoms with Crippen LogP contribution in [0, 0.1) is 11.8 Å². The quantitative estimate of drug-likeness (QED) is 0.927. The molecule has 1 saturated carbocycles. The fourth-order valence-corrected chi connectivity index (χ4v) is 3.01. The number of aliphatic carboxylic acids is 1. The average Bonchev–Trinajstić information content (AvgIpc) is 3.28. The molecule has 21 heavy (non-hydrogen) atoms. The van der Waals surface area contributed by atoms with Crippen LogP contribution in [-0.2, 0) is 14.3 Å². The standard InChI is InChI=1S/C15H16ClNO4/c16-12-4-2-1-3-9(12)13-8-17(5-6-21-13)14(18)10-7-11(10)15(19)20/h1-4,10-11,13H,5-8H2,(H,19,20). The van der Waals surface area contributed by atoms with E-state index in [1.54, 1.807) is 11.0 Å². The number of benzene rings is 1. The summed E-state index contributed by atoms with van der Waals surface area (Å²) in [5.74, 6) is -1.85. The number of morpholine rings is 1. The maximum absolute atomic E-state index is 12.3. The van der Waals surface area contributed by atoms with Gasteiger partial charge in [-0.3, -0.25) is 9.59 Å². The number of ether oxygens (including phenoxy) is 1. The summed E-state index contributed by atoms with van der Waals surface area (Å²) in [7, 11) is 0. The molecule has 1 aliphatic heterocycles. The summed E-state index contributed by atoms with van der Waals surface area (Å²) in [5.41, 5.74) is 0.863. The number of nitrogens with zero attached hydrogens (tertiary/aromatic N) is 1. The first-order chi connectivity index (χ1) is 10.1. The third-order valence-electron chi connectivity index (χ3n) is 4.06. The molecule has 112 valence electrons. The van der Waals surface area contributed by atoms with Gasteiger partial charge in [0.25, 0.3) is 0 Å². The first kappa shape index (κ1) is 14.4. The normalized spacial score (nSPS) is 28.2. The van der Waals surface area contributed by atoms with Crippen molar-refractivity contribution in [2.45, 2.75) is 12.5 Å². The zero-order valence-electron chi connectivity index (χ0n) is 11.4. The molecule has 1 aliphatic carbocycles. The van der Waals surface area contributed by atoms with Gasteiger partial charge in [0, 0.05) is 17.1 Å². The Morgan fingerprint density at radius 1 is 1.29 bits per heavy atom. The summed E-state index contributed by atoms with van der Waals surface area (Å²) < 4.78 is 5.71. The van der Waals surface area contributed by atoms with Crippen LogP contribution < -0.4 is 0 Å². The fourth-order valence-electron chi connectivity index (χ4n) is 2.75. The van der Waals surface area contributed by atoms with Crippen molar-refractivity contribution >= 4 is 23.5 Å². The highest BCUT2D eigenvalue weighted by molar-refractivity contribution is 6.31. The zero-order valence-corrected chi connectivity index (χ0v) is 12.1. The van der Waals surface area contributed by atoms with Crippen molar-refractivity contribution in [1.82, 2.24) is 4.90 Å². The number of hydrogen-bond donors (Lipinski definition) is 1. The van der Waals surface area contributed by atoms with Gasteiger partial charge in [-0.25, -0.2) is 0 Å². The van der Waals surface area contributed by atoms with Crippen LogP contribution in [0.15, 0.2) is 24.3 Å². The number of amides is 1. The van der Waals surface area contributed by atoms with Gasteiger partial charge >= 0.3 is 5.97 Å². The van der Waals surface area contributed by atoms with Crippen molar-refractivity contribution in [3.8, 4) is 0 Å². The largest absolute Gasteiger partial charge is 0.481 e. The molecule has 1 heterocycles. The van der Waals surface area contributed by atoms with E-state index in [1.807, 2.05) is 18.2 Å². The summed E-state index contributed by atoms with van der Waals surface area (Å²) >= 11 is 6.16. The van der Waals surface area contributed by atoms with Gasteiger partial charge in [0.05, 0.1) is 25.0 Å². The van der Waals surface area contributed by atoms with Gasteiger partial charge < -0.3 is 14.7 Å². The lowest BCUT2D eigenvalue weighted by Crippen LogP contribution is -2.43. The van der Waals surface area contributed by atoms with E-state index in [2.05, 4.69) is 0 Å². The zero-order chi connectivity index (χ0) is 15.0. The number of hydrogen-bond acceptors (Lipinski definition) is 3. The van der Waals surface area contributed by atoms with Crippen LogP contribution in [0.2, 0.25) is 5.02 Å². The van der Waals surface area contributed by atoms with E-state index in [-0.39, 0.29) is 17.9 Å². The Hall–Kier alpha value is -1.59. The van der Waals surface area contributed by atoms with E-state index in [1.165, 1.54) is 0 Å². The number of carbonyl (C=O) groups is 2. The Labute approximate surface area is 127 Å². The van der Waals surface area contributed by atoms with E-state index >= 15 is 0 Å². The second-order valence-corrected chi connectivity index (χ2v) is 5.86. The number of carboxylic acids is 1. The monoisotopic (exact) mass is 309 g/mol. The summed E-state index contributed by atoms with van der Waals surface area (Å²) in [4.78, 5) is 24.9. The van der Waals surface area contributed by atoms with Crippen molar-refractivity contribution in [3.63, 3.8) is 0 Å². The second kappa shape index (κ2) is 5.66. The molecule has 2 fully saturated rings. The summed E-state index contributed by atoms with van der Waals surface area (Å²) in [5, 5.41) is 9.54. The third-order valence-corrected chi connectivity index (χ3v) is 4.40. The summed E-state index contributed by atoms with van der Waals surface area (Å²) in [6, 6.07) is 7.41. The highest BCUT2D eigenvalue weighted by Crippen LogP contribution is 2.41. The number of carboxylic acid groups (broad SMARTS) is 1. The molecule has 0 spiro atoms. The molecule has 3 unspecified atom stereocenters. The van der Waals surface area contributed by atoms with Crippen LogP contribution in [0.25, 0.3) is 0 Å². The molecule has 3 rings (SSSR count). The van der Waals surface area contributed by atoms with Crippen LogP contribution in [0.3, 0.4) is 0 Å². The molecule has 1 aromatic carbocycles. The summed E-state index contributed by atoms with van der Waals surface area (Å²) in [6.45, 7) is 1.36. The predicted octanol–water partition coefficient (Wildman–Crippen LogP) is 1.96. The Morgan fingerprint density at radius 3 is 2.71 bits per heavy atom. The number of carbonyl (C=O) groups excluding carboxylic acids is 1. The molecule has 0 radical (unpaired) electrons. The highest BCUT2D eigenvalue weighted by Gasteiger charge is 2.50. The molecule has 1 amide bonds. The van der Waals surface area contributed by atoms with Crippen LogP contribution in [0.5, 0.6) is 0 Å². The first-order valence-corrected chi connectivity index (χ1v) is 7.33. The molecule has 3 atom stereocenters. The molecule has 1 saturated heterocycles. The van der Waals surface area contributed by atoms with Gasteiger partial charge in [-0.15, -0.1) is 0 Å². The maximum atomic E-state index is 12.3. The molecule has 6 heteroatoms. The lowest BCUT2D eigenvalue weighted by Gasteiger charge is -2.33. The Morgan fingerprint density at radius 2 is 2.05 bits per heavy atom. The van der Waals surface area contributed by atoms with E-state index < -0.39 is 11.9 Å². The Balaban J connectivity index is 1.68. The first-order valence-electron chi connectivity index (χ1n) is 6.95. The Kier molecular flexibility index (Phi) is 3.87. The minimum atomic E-state index is -0.885. The number of halogens is 1. The molecule has 5 nitrogen and oxygen atoms in total. The van der Waals surface area contributed by atoms with Crippen molar-refractivity contribution < 1.29 is 19.4 Å². The van der Waals surface area contributed by atoms with Gasteiger partial charge in [-0.05, 0) is 12.5 Å². The second-order valence-electron chi connectivity index (χ2n) is 5.45. The van der Waals surface area contributed by atoms with E-state index in [4.69, 9.17) is 21.4 Å². The lowest BCUT2D eigenvalue weighted by molar-refractivity contribution is -0.145. The van der Waals surface area contributed by atoms with Crippen molar-refractivity contribution in [2.75, 3.05) is 19.7 Å². The molecule has 1 N–H and O–H groups in total. The van der Waals surface area contributed by atoms with Crippen molar-refractivity contribution in [3.05, 3.63) is 34.9 Å². The van der Waals surface area contributed by atoms with Crippen molar-refractivity contribution in [2.24, 2.45) is 11.8 Å². The molecule has 1 aromatic rings. The van der Waals surface area contributed by atoms with Gasteiger partial charge in [-0.1, -0.05) is 29.8 Å². The van der Waals surface area contributed by atoms with E-state index in [0.717, 1.165) is 5.56 Å². The van der Waals surface area contributed by atoms with Gasteiger partial charge in [0.1, 0.15) is 6.10 Å². The summed E-state index contributed by atoms with van der Waals surface area (Å²) in [6.07, 6.45) is 0.195. The lowest BCUT2D eigenvalue weighted by atomic mass is 10.1. The highest BCUT2D eigenvalue weighted by atomic mass is 35.5. The van der Waals surface area contributed by atoms with Gasteiger partial charge in [-0.2, -0.15) is 0 Å². The van der Waals surface area contributed by atoms with Crippen LogP contribution in [-0.4, -0.2) is 41.6 Å². The minimum absolute atomic E-state index is 0.0808. The molecular weight excluding hydrogens is 294 g/mol. The molecular formula is C15H16ClNO4. The molecule has 2 aliphatic rings. The van der Waals surface area contributed by atoms with Crippen LogP contribution in [0.4, 0.5) is 0 Å². The predicted molar refractivity (Wildman–Crippen MR) is 76.0 cm³/mol. The van der Waals surface area contributed by atoms with E-state index in [9.17, 15) is 9.59 Å². The van der Waals surface area contributed by atoms with E-state index in [0.29, 0.717) is 31.1 Å². The SMILES string of the molecule is O=C(O)C1CC1C(=O)N1CCOC(c2ccccc2Cl)C1. The number of rotatable bonds is 3. The fraction of sp³-hybridized carbons (Fsp3) is 0.467. The third kappa shape index (κ3) is 2.89. The molecule has 0 bridgehead atoms. The topological polar surface area (TPSA) is 66.8 Å². The minimum Gasteiger partial charge on any atom is -0.481 e. The van der Waals surface area contributed by atoms with Crippen molar-refractivity contribution in [1.29, 1.82) is 0 Å². The Bertz CT molecular complexity index is 577. The van der Waals surface area contributed by atoms with Gasteiger partial charge in [0.15, 0.2) is 0 Å². The maximum Gasteiger partial charge on any atom is 0.307 e. The molecule has 0 aromatic heterocycles. The smallest absolute Gasteiger partial charge is 0.307 e. The van der Waals surface area contributed by atoms with Crippen LogP contribution >= 0.6 is 11.6 Å². The van der Waals surface area contributed by atoms with Gasteiger partial charge in [0.2, 0.25) is 5.91 Å².